The minimum absolute atomic E-state index is 0.192. The molecule has 0 unspecified atom stereocenters. The van der Waals surface area contributed by atoms with Crippen molar-refractivity contribution in [1.29, 1.82) is 0 Å². The second-order valence-electron chi connectivity index (χ2n) is 7.71. The third kappa shape index (κ3) is 6.33. The van der Waals surface area contributed by atoms with Crippen LogP contribution >= 0.6 is 11.9 Å². The molecule has 12 heteroatoms. The molecule has 3 N–H and O–H groups in total. The lowest BCUT2D eigenvalue weighted by Crippen LogP contribution is -2.35. The third-order valence-corrected chi connectivity index (χ3v) is 6.06. The number of anilines is 1. The molecule has 0 radical (unpaired) electrons. The molecule has 0 bridgehead atoms. The minimum atomic E-state index is -0.639. The Kier molecular flexibility index (Phi) is 8.17. The molecule has 2 amide bonds. The van der Waals surface area contributed by atoms with Gasteiger partial charge in [0.1, 0.15) is 16.9 Å². The highest BCUT2D eigenvalue weighted by atomic mass is 32.2. The van der Waals surface area contributed by atoms with Gasteiger partial charge < -0.3 is 29.4 Å². The van der Waals surface area contributed by atoms with Gasteiger partial charge in [0.05, 0.1) is 38.4 Å². The molecule has 11 nitrogen and oxygen atoms in total. The molecule has 0 fully saturated rings. The molecule has 0 saturated heterocycles. The maximum atomic E-state index is 11.8. The molecule has 0 saturated carbocycles. The Bertz CT molecular complexity index is 1460. The molecule has 2 heterocycles. The molecule has 0 atom stereocenters. The molecule has 4 rings (SSSR count). The Labute approximate surface area is 217 Å². The van der Waals surface area contributed by atoms with Crippen LogP contribution in [-0.4, -0.2) is 47.5 Å². The first-order valence-corrected chi connectivity index (χ1v) is 11.9. The van der Waals surface area contributed by atoms with Crippen LogP contribution in [0.3, 0.4) is 0 Å². The Morgan fingerprint density at radius 3 is 2.73 bits per heavy atom. The predicted octanol–water partition coefficient (Wildman–Crippen LogP) is 2.57. The van der Waals surface area contributed by atoms with Crippen molar-refractivity contribution in [2.45, 2.75) is 18.0 Å². The number of ether oxygens (including phenoxy) is 2. The van der Waals surface area contributed by atoms with E-state index in [1.165, 1.54) is 11.9 Å². The molecular formula is C25H24N6O5S. The topological polar surface area (TPSA) is 133 Å². The minimum Gasteiger partial charge on any atom is -0.496 e. The van der Waals surface area contributed by atoms with Crippen molar-refractivity contribution < 1.29 is 23.6 Å². The van der Waals surface area contributed by atoms with E-state index in [0.29, 0.717) is 23.7 Å². The van der Waals surface area contributed by atoms with Crippen molar-refractivity contribution in [2.24, 2.45) is 0 Å². The van der Waals surface area contributed by atoms with Gasteiger partial charge in [-0.1, -0.05) is 17.3 Å². The number of terminal acetylenes is 1. The molecular weight excluding hydrogens is 496 g/mol. The summed E-state index contributed by atoms with van der Waals surface area (Å²) in [5, 5.41) is 14.2. The van der Waals surface area contributed by atoms with Gasteiger partial charge in [-0.2, -0.15) is 5.10 Å². The van der Waals surface area contributed by atoms with Crippen LogP contribution in [0.1, 0.15) is 11.1 Å². The van der Waals surface area contributed by atoms with E-state index in [9.17, 15) is 9.59 Å². The van der Waals surface area contributed by atoms with Crippen molar-refractivity contribution in [3.63, 3.8) is 0 Å². The summed E-state index contributed by atoms with van der Waals surface area (Å²) in [5.74, 6) is 2.77. The van der Waals surface area contributed by atoms with Crippen LogP contribution in [-0.2, 0) is 22.7 Å². The average Bonchev–Trinajstić information content (AvgIpc) is 3.55. The van der Waals surface area contributed by atoms with E-state index in [2.05, 4.69) is 25.6 Å². The lowest BCUT2D eigenvalue weighted by Gasteiger charge is -2.09. The van der Waals surface area contributed by atoms with Crippen LogP contribution in [0.4, 0.5) is 5.82 Å². The summed E-state index contributed by atoms with van der Waals surface area (Å²) < 4.78 is 21.5. The highest BCUT2D eigenvalue weighted by Crippen LogP contribution is 2.37. The van der Waals surface area contributed by atoms with Crippen molar-refractivity contribution in [2.75, 3.05) is 25.5 Å². The Balaban J connectivity index is 1.41. The predicted molar refractivity (Wildman–Crippen MR) is 138 cm³/mol. The van der Waals surface area contributed by atoms with E-state index >= 15 is 0 Å². The fraction of sp³-hybridized carbons (Fsp3) is 0.200. The number of carbonyl (C=O) groups excluding carboxylic acids is 2. The number of fused-ring (bicyclic) bond motifs is 1. The second kappa shape index (κ2) is 11.9. The van der Waals surface area contributed by atoms with Crippen LogP contribution in [0.2, 0.25) is 0 Å². The average molecular weight is 521 g/mol. The molecule has 0 spiro atoms. The van der Waals surface area contributed by atoms with Crippen molar-refractivity contribution in [3.8, 4) is 23.8 Å². The van der Waals surface area contributed by atoms with E-state index < -0.39 is 5.91 Å². The molecule has 190 valence electrons. The van der Waals surface area contributed by atoms with E-state index in [0.717, 1.165) is 27.2 Å². The van der Waals surface area contributed by atoms with Gasteiger partial charge in [0.2, 0.25) is 5.91 Å². The fourth-order valence-electron chi connectivity index (χ4n) is 3.46. The molecule has 0 aliphatic rings. The van der Waals surface area contributed by atoms with Gasteiger partial charge in [-0.15, -0.1) is 6.42 Å². The number of benzene rings is 2. The molecule has 4 aromatic rings. The van der Waals surface area contributed by atoms with Crippen molar-refractivity contribution >= 4 is 40.5 Å². The SMILES string of the molecule is C#CC(=O)NCC(=O)NCc1cnn(Cc2cc(OC)c3c(NSc4ccccc4OC)noc3c2)c1. The quantitative estimate of drug-likeness (QED) is 0.202. The maximum Gasteiger partial charge on any atom is 0.296 e. The first-order valence-electron chi connectivity index (χ1n) is 11.1. The second-order valence-corrected chi connectivity index (χ2v) is 8.56. The zero-order valence-corrected chi connectivity index (χ0v) is 20.9. The largest absolute Gasteiger partial charge is 0.496 e. The molecule has 37 heavy (non-hydrogen) atoms. The normalized spacial score (nSPS) is 10.5. The highest BCUT2D eigenvalue weighted by Gasteiger charge is 2.17. The van der Waals surface area contributed by atoms with Crippen molar-refractivity contribution in [3.05, 3.63) is 59.9 Å². The summed E-state index contributed by atoms with van der Waals surface area (Å²) in [7, 11) is 3.21. The van der Waals surface area contributed by atoms with E-state index in [1.54, 1.807) is 25.1 Å². The van der Waals surface area contributed by atoms with Gasteiger partial charge in [0, 0.05) is 18.3 Å². The van der Waals surface area contributed by atoms with E-state index in [1.807, 2.05) is 48.5 Å². The van der Waals surface area contributed by atoms with Gasteiger partial charge >= 0.3 is 0 Å². The Morgan fingerprint density at radius 1 is 1.14 bits per heavy atom. The molecule has 2 aromatic carbocycles. The van der Waals surface area contributed by atoms with Crippen LogP contribution in [0.15, 0.2) is 58.2 Å². The van der Waals surface area contributed by atoms with Gasteiger partial charge in [0.15, 0.2) is 11.4 Å². The molecule has 2 aromatic heterocycles. The number of carbonyl (C=O) groups is 2. The summed E-state index contributed by atoms with van der Waals surface area (Å²) in [6.07, 6.45) is 8.42. The van der Waals surface area contributed by atoms with Gasteiger partial charge in [0.25, 0.3) is 5.91 Å². The number of para-hydroxylation sites is 1. The number of hydrogen-bond acceptors (Lipinski definition) is 9. The summed E-state index contributed by atoms with van der Waals surface area (Å²) in [4.78, 5) is 23.8. The summed E-state index contributed by atoms with van der Waals surface area (Å²) in [6.45, 7) is 0.508. The van der Waals surface area contributed by atoms with Crippen LogP contribution < -0.4 is 24.8 Å². The van der Waals surface area contributed by atoms with E-state index in [4.69, 9.17) is 20.4 Å². The Hall–Kier alpha value is -4.63. The number of amides is 2. The summed E-state index contributed by atoms with van der Waals surface area (Å²) in [6, 6.07) is 11.4. The van der Waals surface area contributed by atoms with Crippen LogP contribution in [0.5, 0.6) is 11.5 Å². The maximum absolute atomic E-state index is 11.8. The zero-order chi connectivity index (χ0) is 26.2. The lowest BCUT2D eigenvalue weighted by atomic mass is 10.1. The summed E-state index contributed by atoms with van der Waals surface area (Å²) in [5.41, 5.74) is 2.25. The third-order valence-electron chi connectivity index (χ3n) is 5.21. The number of hydrogen-bond donors (Lipinski definition) is 3. The molecule has 0 aliphatic heterocycles. The lowest BCUT2D eigenvalue weighted by molar-refractivity contribution is -0.123. The van der Waals surface area contributed by atoms with Crippen LogP contribution in [0.25, 0.3) is 11.0 Å². The monoisotopic (exact) mass is 520 g/mol. The van der Waals surface area contributed by atoms with Gasteiger partial charge in [-0.3, -0.25) is 14.3 Å². The smallest absolute Gasteiger partial charge is 0.296 e. The number of aromatic nitrogens is 3. The highest BCUT2D eigenvalue weighted by molar-refractivity contribution is 8.00. The fourth-order valence-corrected chi connectivity index (χ4v) is 4.21. The van der Waals surface area contributed by atoms with Gasteiger partial charge in [-0.05, 0) is 47.7 Å². The van der Waals surface area contributed by atoms with Gasteiger partial charge in [-0.25, -0.2) is 0 Å². The van der Waals surface area contributed by atoms with Crippen LogP contribution in [0, 0.1) is 12.3 Å². The molecule has 0 aliphatic carbocycles. The standard InChI is InChI=1S/C25H24N6O5S/c1-4-22(32)27-13-23(33)26-11-17-12-28-31(15-17)14-16-9-19(35-3)24-20(10-16)36-29-25(24)30-37-21-8-6-5-7-18(21)34-2/h1,5-10,12,15H,11,13-14H2,2-3H3,(H,26,33)(H,27,32)(H,29,30). The Morgan fingerprint density at radius 2 is 1.95 bits per heavy atom. The van der Waals surface area contributed by atoms with E-state index in [-0.39, 0.29) is 19.0 Å². The first kappa shape index (κ1) is 25.5. The number of rotatable bonds is 11. The van der Waals surface area contributed by atoms with Crippen molar-refractivity contribution in [1.82, 2.24) is 25.6 Å². The summed E-state index contributed by atoms with van der Waals surface area (Å²) >= 11 is 1.36. The first-order chi connectivity index (χ1) is 18.0. The number of nitrogens with one attached hydrogen (secondary N) is 3. The zero-order valence-electron chi connectivity index (χ0n) is 20.1. The number of methoxy groups -OCH3 is 2. The number of nitrogens with zero attached hydrogens (tertiary/aromatic N) is 3.